The van der Waals surface area contributed by atoms with Gasteiger partial charge in [0.25, 0.3) is 0 Å². The fraction of sp³-hybridized carbons (Fsp3) is 0.667. The fourth-order valence-electron chi connectivity index (χ4n) is 1.95. The topological polar surface area (TPSA) is 70.2 Å². The van der Waals surface area contributed by atoms with Crippen LogP contribution in [0.1, 0.15) is 24.6 Å². The maximum absolute atomic E-state index is 10.8. The molecule has 0 spiro atoms. The van der Waals surface area contributed by atoms with E-state index in [0.717, 1.165) is 19.4 Å². The van der Waals surface area contributed by atoms with Crippen LogP contribution in [0, 0.1) is 17.0 Å². The molecule has 1 aliphatic rings. The van der Waals surface area contributed by atoms with Crippen LogP contribution in [0.25, 0.3) is 0 Å². The number of halogens is 1. The van der Waals surface area contributed by atoms with E-state index in [1.54, 1.807) is 11.6 Å². The molecule has 1 aromatic heterocycles. The van der Waals surface area contributed by atoms with E-state index in [1.165, 1.54) is 0 Å². The Morgan fingerprint density at radius 3 is 2.94 bits per heavy atom. The first-order valence-corrected chi connectivity index (χ1v) is 5.45. The van der Waals surface area contributed by atoms with E-state index < -0.39 is 4.92 Å². The van der Waals surface area contributed by atoms with Crippen molar-refractivity contribution in [3.05, 3.63) is 21.0 Å². The zero-order valence-corrected chi connectivity index (χ0v) is 9.61. The number of aromatic nitrogens is 2. The zero-order valence-electron chi connectivity index (χ0n) is 8.85. The van der Waals surface area contributed by atoms with Crippen molar-refractivity contribution in [2.45, 2.75) is 25.8 Å². The molecule has 2 rings (SSSR count). The molecular formula is C9H12ClN3O3. The first-order valence-electron chi connectivity index (χ1n) is 5.08. The molecule has 0 radical (unpaired) electrons. The van der Waals surface area contributed by atoms with Gasteiger partial charge >= 0.3 is 5.69 Å². The van der Waals surface area contributed by atoms with Gasteiger partial charge in [-0.1, -0.05) is 11.6 Å². The molecule has 6 nitrogen and oxygen atoms in total. The largest absolute Gasteiger partial charge is 0.379 e. The SMILES string of the molecule is Cc1c([N+](=O)[O-])c(Cl)nn1C1CCCOC1. The highest BCUT2D eigenvalue weighted by atomic mass is 35.5. The van der Waals surface area contributed by atoms with Gasteiger partial charge in [0, 0.05) is 6.61 Å². The molecule has 1 atom stereocenters. The summed E-state index contributed by atoms with van der Waals surface area (Å²) >= 11 is 5.75. The number of nitrogens with zero attached hydrogens (tertiary/aromatic N) is 3. The van der Waals surface area contributed by atoms with Gasteiger partial charge in [-0.05, 0) is 19.8 Å². The van der Waals surface area contributed by atoms with Crippen molar-refractivity contribution in [3.8, 4) is 0 Å². The Hall–Kier alpha value is -1.14. The maximum Gasteiger partial charge on any atom is 0.328 e. The summed E-state index contributed by atoms with van der Waals surface area (Å²) in [6.45, 7) is 2.94. The van der Waals surface area contributed by atoms with Crippen molar-refractivity contribution in [1.29, 1.82) is 0 Å². The molecule has 1 unspecified atom stereocenters. The van der Waals surface area contributed by atoms with Gasteiger partial charge in [-0.3, -0.25) is 14.8 Å². The molecular weight excluding hydrogens is 234 g/mol. The summed E-state index contributed by atoms with van der Waals surface area (Å²) in [6.07, 6.45) is 1.85. The van der Waals surface area contributed by atoms with Gasteiger partial charge in [0.15, 0.2) is 0 Å². The number of hydrogen-bond donors (Lipinski definition) is 0. The predicted molar refractivity (Wildman–Crippen MR) is 57.7 cm³/mol. The van der Waals surface area contributed by atoms with Crippen molar-refractivity contribution in [1.82, 2.24) is 9.78 Å². The summed E-state index contributed by atoms with van der Waals surface area (Å²) in [5.41, 5.74) is 0.387. The lowest BCUT2D eigenvalue weighted by atomic mass is 10.1. The van der Waals surface area contributed by atoms with Crippen LogP contribution in [0.5, 0.6) is 0 Å². The molecule has 1 aromatic rings. The van der Waals surface area contributed by atoms with Gasteiger partial charge in [0.1, 0.15) is 5.69 Å². The fourth-order valence-corrected chi connectivity index (χ4v) is 2.24. The molecule has 0 aromatic carbocycles. The van der Waals surface area contributed by atoms with Gasteiger partial charge in [-0.15, -0.1) is 0 Å². The van der Waals surface area contributed by atoms with Crippen LogP contribution in [0.2, 0.25) is 5.15 Å². The lowest BCUT2D eigenvalue weighted by Gasteiger charge is -2.23. The first-order chi connectivity index (χ1) is 7.61. The van der Waals surface area contributed by atoms with Crippen LogP contribution in [0.15, 0.2) is 0 Å². The van der Waals surface area contributed by atoms with Crippen LogP contribution in [0.3, 0.4) is 0 Å². The normalized spacial score (nSPS) is 21.0. The molecule has 16 heavy (non-hydrogen) atoms. The number of ether oxygens (including phenoxy) is 1. The van der Waals surface area contributed by atoms with E-state index in [1.807, 2.05) is 0 Å². The number of nitro groups is 1. The van der Waals surface area contributed by atoms with Crippen LogP contribution in [0.4, 0.5) is 5.69 Å². The maximum atomic E-state index is 10.8. The lowest BCUT2D eigenvalue weighted by molar-refractivity contribution is -0.385. The summed E-state index contributed by atoms with van der Waals surface area (Å²) in [6, 6.07) is 0.0555. The molecule has 1 saturated heterocycles. The van der Waals surface area contributed by atoms with Gasteiger partial charge in [0.2, 0.25) is 5.15 Å². The Bertz CT molecular complexity index is 412. The van der Waals surface area contributed by atoms with E-state index in [4.69, 9.17) is 16.3 Å². The highest BCUT2D eigenvalue weighted by Gasteiger charge is 2.28. The highest BCUT2D eigenvalue weighted by molar-refractivity contribution is 6.31. The molecule has 2 heterocycles. The van der Waals surface area contributed by atoms with Crippen molar-refractivity contribution in [2.24, 2.45) is 0 Å². The van der Waals surface area contributed by atoms with Gasteiger partial charge in [-0.25, -0.2) is 0 Å². The number of hydrogen-bond acceptors (Lipinski definition) is 4. The minimum absolute atomic E-state index is 0.0481. The highest BCUT2D eigenvalue weighted by Crippen LogP contribution is 2.31. The second-order valence-corrected chi connectivity index (χ2v) is 4.16. The molecule has 1 fully saturated rings. The molecule has 0 saturated carbocycles. The minimum atomic E-state index is -0.495. The Morgan fingerprint density at radius 1 is 1.69 bits per heavy atom. The predicted octanol–water partition coefficient (Wildman–Crippen LogP) is 2.10. The summed E-state index contributed by atoms with van der Waals surface area (Å²) in [4.78, 5) is 10.3. The third-order valence-corrected chi connectivity index (χ3v) is 3.00. The number of rotatable bonds is 2. The van der Waals surface area contributed by atoms with E-state index in [2.05, 4.69) is 5.10 Å². The molecule has 0 amide bonds. The molecule has 0 N–H and O–H groups in total. The Morgan fingerprint density at radius 2 is 2.44 bits per heavy atom. The average molecular weight is 246 g/mol. The summed E-state index contributed by atoms with van der Waals surface area (Å²) < 4.78 is 6.94. The van der Waals surface area contributed by atoms with E-state index in [0.29, 0.717) is 12.3 Å². The van der Waals surface area contributed by atoms with Crippen molar-refractivity contribution < 1.29 is 9.66 Å². The summed E-state index contributed by atoms with van der Waals surface area (Å²) in [7, 11) is 0. The van der Waals surface area contributed by atoms with E-state index >= 15 is 0 Å². The monoisotopic (exact) mass is 245 g/mol. The molecule has 0 aliphatic carbocycles. The molecule has 0 bridgehead atoms. The Labute approximate surface area is 97.3 Å². The summed E-state index contributed by atoms with van der Waals surface area (Å²) in [5.74, 6) is 0. The second-order valence-electron chi connectivity index (χ2n) is 3.80. The van der Waals surface area contributed by atoms with Gasteiger partial charge in [0.05, 0.1) is 17.6 Å². The zero-order chi connectivity index (χ0) is 11.7. The lowest BCUT2D eigenvalue weighted by Crippen LogP contribution is -2.23. The van der Waals surface area contributed by atoms with E-state index in [-0.39, 0.29) is 16.9 Å². The third-order valence-electron chi connectivity index (χ3n) is 2.74. The van der Waals surface area contributed by atoms with Crippen LogP contribution < -0.4 is 0 Å². The Balaban J connectivity index is 2.34. The van der Waals surface area contributed by atoms with Crippen molar-refractivity contribution >= 4 is 17.3 Å². The van der Waals surface area contributed by atoms with Crippen LogP contribution in [-0.2, 0) is 4.74 Å². The van der Waals surface area contributed by atoms with Crippen molar-refractivity contribution in [3.63, 3.8) is 0 Å². The first kappa shape index (κ1) is 11.3. The summed E-state index contributed by atoms with van der Waals surface area (Å²) in [5, 5.41) is 14.7. The molecule has 7 heteroatoms. The smallest absolute Gasteiger partial charge is 0.328 e. The molecule has 1 aliphatic heterocycles. The van der Waals surface area contributed by atoms with Crippen LogP contribution in [-0.4, -0.2) is 27.9 Å². The van der Waals surface area contributed by atoms with Crippen molar-refractivity contribution in [2.75, 3.05) is 13.2 Å². The Kier molecular flexibility index (Phi) is 3.11. The second kappa shape index (κ2) is 4.39. The third kappa shape index (κ3) is 1.90. The minimum Gasteiger partial charge on any atom is -0.379 e. The van der Waals surface area contributed by atoms with Crippen LogP contribution >= 0.6 is 11.6 Å². The van der Waals surface area contributed by atoms with Gasteiger partial charge < -0.3 is 4.74 Å². The molecule has 88 valence electrons. The van der Waals surface area contributed by atoms with E-state index in [9.17, 15) is 10.1 Å². The standard InChI is InChI=1S/C9H12ClN3O3/c1-6-8(13(14)15)9(10)11-12(6)7-3-2-4-16-5-7/h7H,2-5H2,1H3. The average Bonchev–Trinajstić information content (AvgIpc) is 2.55. The van der Waals surface area contributed by atoms with Gasteiger partial charge in [-0.2, -0.15) is 5.10 Å². The quantitative estimate of drug-likeness (QED) is 0.591.